The monoisotopic (exact) mass is 586 g/mol. The summed E-state index contributed by atoms with van der Waals surface area (Å²) in [6.45, 7) is 0. The minimum atomic E-state index is -0.711. The average molecular weight is 587 g/mol. The molecule has 43 heavy (non-hydrogen) atoms. The number of halogens is 1. The molecule has 0 aliphatic heterocycles. The van der Waals surface area contributed by atoms with Gasteiger partial charge in [-0.15, -0.1) is 11.8 Å². The third-order valence-electron chi connectivity index (χ3n) is 7.04. The van der Waals surface area contributed by atoms with Crippen molar-refractivity contribution in [2.45, 2.75) is 10.1 Å². The molecule has 5 aromatic rings. The second-order valence-corrected chi connectivity index (χ2v) is 11.0. The van der Waals surface area contributed by atoms with Crippen LogP contribution in [0.2, 0.25) is 0 Å². The van der Waals surface area contributed by atoms with E-state index < -0.39 is 17.0 Å². The number of fused-ring (bicyclic) bond motifs is 2. The number of carbonyl (C=O) groups is 4. The fraction of sp³-hybridized carbons (Fsp3) is 0.0286. The van der Waals surface area contributed by atoms with Crippen molar-refractivity contribution in [2.75, 3.05) is 10.6 Å². The molecular formula is C35H23FN2O4S. The quantitative estimate of drug-likeness (QED) is 0.191. The summed E-state index contributed by atoms with van der Waals surface area (Å²) >= 11 is 1.29. The molecule has 210 valence electrons. The van der Waals surface area contributed by atoms with Crippen LogP contribution in [0.3, 0.4) is 0 Å². The molecule has 0 saturated heterocycles. The Kier molecular flexibility index (Phi) is 7.68. The van der Waals surface area contributed by atoms with Crippen LogP contribution in [0.4, 0.5) is 15.8 Å². The lowest BCUT2D eigenvalue weighted by Gasteiger charge is -2.22. The van der Waals surface area contributed by atoms with E-state index in [2.05, 4.69) is 10.6 Å². The van der Waals surface area contributed by atoms with E-state index >= 15 is 0 Å². The normalized spacial score (nSPS) is 12.6. The Morgan fingerprint density at radius 3 is 1.98 bits per heavy atom. The summed E-state index contributed by atoms with van der Waals surface area (Å²) in [5, 5.41) is 4.88. The molecule has 0 aromatic heterocycles. The summed E-state index contributed by atoms with van der Waals surface area (Å²) in [6, 6.07) is 33.3. The van der Waals surface area contributed by atoms with Gasteiger partial charge in [-0.2, -0.15) is 0 Å². The van der Waals surface area contributed by atoms with Gasteiger partial charge in [0.1, 0.15) is 11.1 Å². The summed E-state index contributed by atoms with van der Waals surface area (Å²) in [5.74, 6) is -2.14. The Labute approximate surface area is 251 Å². The number of ketones is 2. The molecule has 1 aliphatic carbocycles. The largest absolute Gasteiger partial charge is 0.324 e. The molecule has 0 heterocycles. The summed E-state index contributed by atoms with van der Waals surface area (Å²) in [5.41, 5.74) is 2.48. The third kappa shape index (κ3) is 5.60. The topological polar surface area (TPSA) is 92.3 Å². The predicted molar refractivity (Wildman–Crippen MR) is 164 cm³/mol. The van der Waals surface area contributed by atoms with Gasteiger partial charge in [0.15, 0.2) is 11.6 Å². The average Bonchev–Trinajstić information content (AvgIpc) is 3.03. The molecule has 0 spiro atoms. The van der Waals surface area contributed by atoms with E-state index in [0.717, 1.165) is 10.5 Å². The van der Waals surface area contributed by atoms with E-state index in [1.807, 2.05) is 30.3 Å². The highest BCUT2D eigenvalue weighted by atomic mass is 32.2. The van der Waals surface area contributed by atoms with E-state index in [9.17, 15) is 23.6 Å². The molecule has 0 saturated carbocycles. The molecule has 6 rings (SSSR count). The molecule has 1 aliphatic rings. The van der Waals surface area contributed by atoms with Crippen molar-refractivity contribution in [3.63, 3.8) is 0 Å². The van der Waals surface area contributed by atoms with Gasteiger partial charge in [0.05, 0.1) is 16.8 Å². The second kappa shape index (κ2) is 11.9. The Balaban J connectivity index is 1.25. The van der Waals surface area contributed by atoms with E-state index in [0.29, 0.717) is 16.8 Å². The number of anilines is 2. The summed E-state index contributed by atoms with van der Waals surface area (Å²) in [4.78, 5) is 53.7. The molecule has 2 N–H and O–H groups in total. The van der Waals surface area contributed by atoms with Crippen molar-refractivity contribution in [3.05, 3.63) is 161 Å². The highest BCUT2D eigenvalue weighted by Crippen LogP contribution is 2.38. The van der Waals surface area contributed by atoms with Crippen LogP contribution in [0.25, 0.3) is 0 Å². The van der Waals surface area contributed by atoms with Gasteiger partial charge in [0.2, 0.25) is 5.91 Å². The summed E-state index contributed by atoms with van der Waals surface area (Å²) < 4.78 is 14.0. The fourth-order valence-electron chi connectivity index (χ4n) is 4.94. The minimum Gasteiger partial charge on any atom is -0.324 e. The van der Waals surface area contributed by atoms with Crippen molar-refractivity contribution >= 4 is 46.5 Å². The lowest BCUT2D eigenvalue weighted by Crippen LogP contribution is -2.25. The number of rotatable bonds is 7. The van der Waals surface area contributed by atoms with Crippen LogP contribution in [-0.2, 0) is 4.79 Å². The van der Waals surface area contributed by atoms with Crippen molar-refractivity contribution in [1.82, 2.24) is 0 Å². The zero-order chi connectivity index (χ0) is 29.9. The molecule has 0 bridgehead atoms. The van der Waals surface area contributed by atoms with Gasteiger partial charge in [0.25, 0.3) is 5.91 Å². The van der Waals surface area contributed by atoms with Crippen LogP contribution < -0.4 is 10.6 Å². The molecule has 2 amide bonds. The van der Waals surface area contributed by atoms with Gasteiger partial charge < -0.3 is 10.6 Å². The number of carbonyl (C=O) groups excluding carboxylic acids is 4. The highest BCUT2D eigenvalue weighted by Gasteiger charge is 2.32. The van der Waals surface area contributed by atoms with Crippen molar-refractivity contribution < 1.29 is 23.6 Å². The maximum Gasteiger partial charge on any atom is 0.258 e. The molecule has 8 heteroatoms. The molecule has 6 nitrogen and oxygen atoms in total. The fourth-order valence-corrected chi connectivity index (χ4v) is 5.97. The lowest BCUT2D eigenvalue weighted by molar-refractivity contribution is -0.115. The lowest BCUT2D eigenvalue weighted by atomic mass is 9.83. The SMILES string of the molecule is O=C(Nc1ccc(SC(C(=O)Nc2cccc3c2C(=O)c2ccccc2C3=O)c2ccccc2)cc1)c1ccccc1F. The van der Waals surface area contributed by atoms with Crippen LogP contribution in [0.15, 0.2) is 126 Å². The van der Waals surface area contributed by atoms with Gasteiger partial charge in [0, 0.05) is 27.3 Å². The maximum absolute atomic E-state index is 14.0. The molecular weight excluding hydrogens is 563 g/mol. The van der Waals surface area contributed by atoms with Gasteiger partial charge in [-0.05, 0) is 48.0 Å². The van der Waals surface area contributed by atoms with Crippen molar-refractivity contribution in [2.24, 2.45) is 0 Å². The highest BCUT2D eigenvalue weighted by molar-refractivity contribution is 8.00. The van der Waals surface area contributed by atoms with Gasteiger partial charge in [-0.3, -0.25) is 19.2 Å². The maximum atomic E-state index is 14.0. The van der Waals surface area contributed by atoms with E-state index in [-0.39, 0.29) is 39.9 Å². The standard InChI is InChI=1S/C35H23FN2O4S/c36-28-15-7-6-13-26(28)34(41)37-22-17-19-23(20-18-22)43-33(21-9-2-1-3-10-21)35(42)38-29-16-8-14-27-30(29)32(40)25-12-5-4-11-24(25)31(27)39/h1-20,33H,(H,37,41)(H,38,42). The van der Waals surface area contributed by atoms with Gasteiger partial charge in [-0.25, -0.2) is 4.39 Å². The molecule has 5 aromatic carbocycles. The Hall–Kier alpha value is -5.34. The third-order valence-corrected chi connectivity index (χ3v) is 8.30. The second-order valence-electron chi connectivity index (χ2n) is 9.79. The Morgan fingerprint density at radius 1 is 0.628 bits per heavy atom. The van der Waals surface area contributed by atoms with Crippen LogP contribution in [-0.4, -0.2) is 23.4 Å². The Bertz CT molecular complexity index is 1890. The van der Waals surface area contributed by atoms with Crippen LogP contribution in [0.5, 0.6) is 0 Å². The van der Waals surface area contributed by atoms with Crippen molar-refractivity contribution in [1.29, 1.82) is 0 Å². The van der Waals surface area contributed by atoms with E-state index in [4.69, 9.17) is 0 Å². The van der Waals surface area contributed by atoms with Crippen molar-refractivity contribution in [3.8, 4) is 0 Å². The zero-order valence-corrected chi connectivity index (χ0v) is 23.4. The van der Waals surface area contributed by atoms with Gasteiger partial charge in [-0.1, -0.05) is 78.9 Å². The zero-order valence-electron chi connectivity index (χ0n) is 22.5. The van der Waals surface area contributed by atoms with Gasteiger partial charge >= 0.3 is 0 Å². The predicted octanol–water partition coefficient (Wildman–Crippen LogP) is 7.33. The summed E-state index contributed by atoms with van der Waals surface area (Å²) in [7, 11) is 0. The van der Waals surface area contributed by atoms with E-state index in [1.165, 1.54) is 30.0 Å². The first-order valence-corrected chi connectivity index (χ1v) is 14.3. The minimum absolute atomic E-state index is 0.0615. The molecule has 0 radical (unpaired) electrons. The first-order valence-electron chi connectivity index (χ1n) is 13.4. The molecule has 1 unspecified atom stereocenters. The number of thioether (sulfide) groups is 1. The number of nitrogens with one attached hydrogen (secondary N) is 2. The number of amides is 2. The molecule has 0 fully saturated rings. The van der Waals surface area contributed by atoms with E-state index in [1.54, 1.807) is 72.8 Å². The number of hydrogen-bond donors (Lipinski definition) is 2. The van der Waals surface area contributed by atoms with Crippen LogP contribution in [0.1, 0.15) is 53.0 Å². The first kappa shape index (κ1) is 27.8. The van der Waals surface area contributed by atoms with Crippen LogP contribution >= 0.6 is 11.8 Å². The Morgan fingerprint density at radius 2 is 1.26 bits per heavy atom. The molecule has 1 atom stereocenters. The summed E-state index contributed by atoms with van der Waals surface area (Å²) in [6.07, 6.45) is 0. The number of hydrogen-bond acceptors (Lipinski definition) is 5. The van der Waals surface area contributed by atoms with Crippen LogP contribution in [0, 0.1) is 5.82 Å². The smallest absolute Gasteiger partial charge is 0.258 e. The number of benzene rings is 5. The first-order chi connectivity index (χ1) is 20.9.